The van der Waals surface area contributed by atoms with Gasteiger partial charge in [-0.15, -0.1) is 0 Å². The average molecular weight is 447 g/mol. The maximum atomic E-state index is 11.8. The lowest BCUT2D eigenvalue weighted by atomic mass is 10.3. The van der Waals surface area contributed by atoms with Crippen LogP contribution < -0.4 is 21.5 Å². The standard InChI is InChI=1S/C15H10Cl3N5O5/c16-9-3-1-7(5-11(9)18)20-15(26)22-21-14(25)13(24)19-8-2-4-10(17)12(6-8)23(27)28/h1-6H,(H,19,24)(H,21,25)(H2,20,22,26). The molecular weight excluding hydrogens is 437 g/mol. The van der Waals surface area contributed by atoms with Crippen molar-refractivity contribution >= 4 is 69.7 Å². The molecule has 0 fully saturated rings. The van der Waals surface area contributed by atoms with E-state index in [0.29, 0.717) is 10.7 Å². The Labute approximate surface area is 172 Å². The number of hydrogen-bond donors (Lipinski definition) is 4. The summed E-state index contributed by atoms with van der Waals surface area (Å²) >= 11 is 17.2. The van der Waals surface area contributed by atoms with E-state index in [9.17, 15) is 24.5 Å². The third-order valence-corrected chi connectivity index (χ3v) is 4.13. The molecule has 0 bridgehead atoms. The summed E-state index contributed by atoms with van der Waals surface area (Å²) in [6.07, 6.45) is 0. The first-order valence-electron chi connectivity index (χ1n) is 7.24. The van der Waals surface area contributed by atoms with Gasteiger partial charge in [0.25, 0.3) is 5.69 Å². The monoisotopic (exact) mass is 445 g/mol. The molecule has 0 aliphatic carbocycles. The normalized spacial score (nSPS) is 9.96. The fraction of sp³-hybridized carbons (Fsp3) is 0. The lowest BCUT2D eigenvalue weighted by Crippen LogP contribution is -2.48. The van der Waals surface area contributed by atoms with E-state index in [0.717, 1.165) is 6.07 Å². The zero-order valence-electron chi connectivity index (χ0n) is 13.6. The van der Waals surface area contributed by atoms with E-state index in [-0.39, 0.29) is 15.7 Å². The van der Waals surface area contributed by atoms with Crippen LogP contribution in [0.5, 0.6) is 0 Å². The van der Waals surface area contributed by atoms with E-state index in [4.69, 9.17) is 34.8 Å². The molecule has 0 aromatic heterocycles. The minimum atomic E-state index is -1.22. The first-order chi connectivity index (χ1) is 13.2. The molecule has 10 nitrogen and oxygen atoms in total. The van der Waals surface area contributed by atoms with Crippen molar-refractivity contribution in [3.63, 3.8) is 0 Å². The number of nitrogens with zero attached hydrogens (tertiary/aromatic N) is 1. The van der Waals surface area contributed by atoms with Gasteiger partial charge in [-0.2, -0.15) is 0 Å². The first-order valence-corrected chi connectivity index (χ1v) is 8.38. The molecule has 0 radical (unpaired) electrons. The molecule has 2 aromatic rings. The van der Waals surface area contributed by atoms with Crippen LogP contribution >= 0.6 is 34.8 Å². The molecule has 0 aliphatic rings. The predicted molar refractivity (Wildman–Crippen MR) is 103 cm³/mol. The number of nitro groups is 1. The predicted octanol–water partition coefficient (Wildman–Crippen LogP) is 3.35. The number of halogens is 3. The summed E-state index contributed by atoms with van der Waals surface area (Å²) in [5.74, 6) is -2.40. The van der Waals surface area contributed by atoms with Crippen molar-refractivity contribution < 1.29 is 19.3 Å². The number of anilines is 2. The van der Waals surface area contributed by atoms with E-state index in [1.54, 1.807) is 0 Å². The number of nitro benzene ring substituents is 1. The van der Waals surface area contributed by atoms with Gasteiger partial charge in [0.2, 0.25) is 0 Å². The topological polar surface area (TPSA) is 142 Å². The summed E-state index contributed by atoms with van der Waals surface area (Å²) in [7, 11) is 0. The van der Waals surface area contributed by atoms with Crippen LogP contribution in [0.2, 0.25) is 15.1 Å². The van der Waals surface area contributed by atoms with Crippen LogP contribution in [-0.2, 0) is 9.59 Å². The largest absolute Gasteiger partial charge is 0.337 e. The second-order valence-corrected chi connectivity index (χ2v) is 6.26. The van der Waals surface area contributed by atoms with Gasteiger partial charge in [0.1, 0.15) is 5.02 Å². The van der Waals surface area contributed by atoms with Gasteiger partial charge < -0.3 is 10.6 Å². The molecule has 0 saturated heterocycles. The number of benzene rings is 2. The number of carbonyl (C=O) groups excluding carboxylic acids is 3. The third kappa shape index (κ3) is 5.71. The van der Waals surface area contributed by atoms with Crippen molar-refractivity contribution in [2.75, 3.05) is 10.6 Å². The van der Waals surface area contributed by atoms with Gasteiger partial charge in [-0.1, -0.05) is 34.8 Å². The summed E-state index contributed by atoms with van der Waals surface area (Å²) < 4.78 is 0. The Morgan fingerprint density at radius 3 is 2.00 bits per heavy atom. The van der Waals surface area contributed by atoms with Gasteiger partial charge >= 0.3 is 17.8 Å². The van der Waals surface area contributed by atoms with Crippen LogP contribution in [0.4, 0.5) is 21.9 Å². The zero-order valence-corrected chi connectivity index (χ0v) is 15.9. The van der Waals surface area contributed by atoms with Crippen LogP contribution in [0, 0.1) is 10.1 Å². The van der Waals surface area contributed by atoms with Crippen molar-refractivity contribution in [1.29, 1.82) is 0 Å². The summed E-state index contributed by atoms with van der Waals surface area (Å²) in [6, 6.07) is 6.89. The Kier molecular flexibility index (Phi) is 6.99. The highest BCUT2D eigenvalue weighted by Gasteiger charge is 2.18. The quantitative estimate of drug-likeness (QED) is 0.325. The molecule has 4 amide bonds. The fourth-order valence-electron chi connectivity index (χ4n) is 1.82. The Bertz CT molecular complexity index is 969. The number of rotatable bonds is 3. The molecule has 0 atom stereocenters. The molecule has 146 valence electrons. The molecule has 0 spiro atoms. The minimum Gasteiger partial charge on any atom is -0.317 e. The Morgan fingerprint density at radius 1 is 0.786 bits per heavy atom. The van der Waals surface area contributed by atoms with Crippen LogP contribution in [0.1, 0.15) is 0 Å². The van der Waals surface area contributed by atoms with E-state index in [2.05, 4.69) is 10.6 Å². The number of nitrogens with one attached hydrogen (secondary N) is 4. The first kappa shape index (κ1) is 21.2. The summed E-state index contributed by atoms with van der Waals surface area (Å²) in [5.41, 5.74) is 3.63. The highest BCUT2D eigenvalue weighted by molar-refractivity contribution is 6.42. The Morgan fingerprint density at radius 2 is 1.39 bits per heavy atom. The van der Waals surface area contributed by atoms with Crippen LogP contribution in [-0.4, -0.2) is 22.8 Å². The highest BCUT2D eigenvalue weighted by Crippen LogP contribution is 2.27. The van der Waals surface area contributed by atoms with E-state index in [1.165, 1.54) is 30.3 Å². The molecule has 0 heterocycles. The smallest absolute Gasteiger partial charge is 0.317 e. The van der Waals surface area contributed by atoms with Crippen LogP contribution in [0.25, 0.3) is 0 Å². The van der Waals surface area contributed by atoms with E-state index < -0.39 is 28.5 Å². The lowest BCUT2D eigenvalue weighted by Gasteiger charge is -2.10. The number of urea groups is 1. The molecule has 0 saturated carbocycles. The number of carbonyl (C=O) groups is 3. The number of hydrazine groups is 1. The van der Waals surface area contributed by atoms with Crippen molar-refractivity contribution in [2.24, 2.45) is 0 Å². The lowest BCUT2D eigenvalue weighted by molar-refractivity contribution is -0.384. The number of amides is 4. The van der Waals surface area contributed by atoms with E-state index in [1.807, 2.05) is 10.9 Å². The molecule has 4 N–H and O–H groups in total. The van der Waals surface area contributed by atoms with Gasteiger partial charge in [0.05, 0.1) is 15.0 Å². The molecule has 0 aliphatic heterocycles. The molecular formula is C15H10Cl3N5O5. The zero-order chi connectivity index (χ0) is 20.8. The molecule has 2 rings (SSSR count). The van der Waals surface area contributed by atoms with Crippen LogP contribution in [0.3, 0.4) is 0 Å². The van der Waals surface area contributed by atoms with Gasteiger partial charge in [0, 0.05) is 17.4 Å². The molecule has 13 heteroatoms. The number of hydrogen-bond acceptors (Lipinski definition) is 5. The second kappa shape index (κ2) is 9.22. The average Bonchev–Trinajstić information content (AvgIpc) is 2.64. The van der Waals surface area contributed by atoms with Gasteiger partial charge in [-0.25, -0.2) is 10.2 Å². The maximum absolute atomic E-state index is 11.8. The van der Waals surface area contributed by atoms with Crippen molar-refractivity contribution in [2.45, 2.75) is 0 Å². The fourth-order valence-corrected chi connectivity index (χ4v) is 2.31. The van der Waals surface area contributed by atoms with E-state index >= 15 is 0 Å². The summed E-state index contributed by atoms with van der Waals surface area (Å²) in [6.45, 7) is 0. The van der Waals surface area contributed by atoms with Gasteiger partial charge in [-0.05, 0) is 30.3 Å². The maximum Gasteiger partial charge on any atom is 0.337 e. The van der Waals surface area contributed by atoms with Crippen molar-refractivity contribution in [3.8, 4) is 0 Å². The Balaban J connectivity index is 1.89. The SMILES string of the molecule is O=C(NNC(=O)C(=O)Nc1ccc(Cl)c([N+](=O)[O-])c1)Nc1ccc(Cl)c(Cl)c1. The minimum absolute atomic E-state index is 0.0310. The molecule has 2 aromatic carbocycles. The van der Waals surface area contributed by atoms with Crippen LogP contribution in [0.15, 0.2) is 36.4 Å². The van der Waals surface area contributed by atoms with Crippen molar-refractivity contribution in [1.82, 2.24) is 10.9 Å². The van der Waals surface area contributed by atoms with Crippen molar-refractivity contribution in [3.05, 3.63) is 61.6 Å². The summed E-state index contributed by atoms with van der Waals surface area (Å²) in [5, 5.41) is 15.7. The molecule has 0 unspecified atom stereocenters. The second-order valence-electron chi connectivity index (χ2n) is 5.04. The molecule has 28 heavy (non-hydrogen) atoms. The third-order valence-electron chi connectivity index (χ3n) is 3.07. The highest BCUT2D eigenvalue weighted by atomic mass is 35.5. The van der Waals surface area contributed by atoms with Gasteiger partial charge in [0.15, 0.2) is 0 Å². The Hall–Kier alpha value is -3.08. The summed E-state index contributed by atoms with van der Waals surface area (Å²) in [4.78, 5) is 45.3. The van der Waals surface area contributed by atoms with Gasteiger partial charge in [-0.3, -0.25) is 25.1 Å².